The van der Waals surface area contributed by atoms with E-state index < -0.39 is 5.97 Å². The number of carboxylic acids is 1. The Morgan fingerprint density at radius 3 is 2.82 bits per heavy atom. The van der Waals surface area contributed by atoms with Crippen LogP contribution in [0, 0.1) is 5.92 Å². The minimum absolute atomic E-state index is 0.0628. The van der Waals surface area contributed by atoms with Gasteiger partial charge in [-0.2, -0.15) is 0 Å². The monoisotopic (exact) mass is 236 g/mol. The fourth-order valence-corrected chi connectivity index (χ4v) is 2.73. The second-order valence-corrected chi connectivity index (χ2v) is 4.74. The average molecular weight is 236 g/mol. The summed E-state index contributed by atoms with van der Waals surface area (Å²) in [5, 5.41) is 8.96. The van der Waals surface area contributed by atoms with Crippen molar-refractivity contribution in [2.45, 2.75) is 31.6 Å². The molecule has 0 bridgehead atoms. The van der Waals surface area contributed by atoms with Gasteiger partial charge in [0.1, 0.15) is 0 Å². The number of benzene rings is 1. The molecule has 0 heterocycles. The number of rotatable bonds is 3. The van der Waals surface area contributed by atoms with Crippen molar-refractivity contribution < 1.29 is 14.3 Å². The van der Waals surface area contributed by atoms with Gasteiger partial charge in [0.2, 0.25) is 0 Å². The summed E-state index contributed by atoms with van der Waals surface area (Å²) in [5.74, 6) is -0.666. The van der Waals surface area contributed by atoms with Gasteiger partial charge < -0.3 is 5.11 Å². The van der Waals surface area contributed by atoms with Crippen molar-refractivity contribution >= 4 is 5.97 Å². The molecule has 1 saturated carbocycles. The third kappa shape index (κ3) is 2.65. The molecular formula is C14H17FO2. The number of hydrogen-bond donors (Lipinski definition) is 1. The van der Waals surface area contributed by atoms with Crippen LogP contribution in [0.2, 0.25) is 0 Å². The first kappa shape index (κ1) is 12.1. The van der Waals surface area contributed by atoms with Crippen LogP contribution >= 0.6 is 0 Å². The van der Waals surface area contributed by atoms with Gasteiger partial charge in [-0.05, 0) is 42.4 Å². The maximum absolute atomic E-state index is 13.0. The highest BCUT2D eigenvalue weighted by molar-refractivity contribution is 5.87. The van der Waals surface area contributed by atoms with E-state index in [-0.39, 0.29) is 18.5 Å². The van der Waals surface area contributed by atoms with E-state index in [1.165, 1.54) is 0 Å². The quantitative estimate of drug-likeness (QED) is 0.870. The lowest BCUT2D eigenvalue weighted by Crippen LogP contribution is -2.19. The van der Waals surface area contributed by atoms with Crippen molar-refractivity contribution in [1.29, 1.82) is 0 Å². The molecule has 2 nitrogen and oxygen atoms in total. The highest BCUT2D eigenvalue weighted by Crippen LogP contribution is 2.38. The van der Waals surface area contributed by atoms with E-state index in [1.807, 2.05) is 6.07 Å². The number of aromatic carboxylic acids is 1. The molecule has 3 heteroatoms. The van der Waals surface area contributed by atoms with Gasteiger partial charge in [0.15, 0.2) is 0 Å². The molecule has 1 aliphatic rings. The molecule has 0 aromatic heterocycles. The Kier molecular flexibility index (Phi) is 3.77. The smallest absolute Gasteiger partial charge is 0.335 e. The van der Waals surface area contributed by atoms with Crippen LogP contribution in [0.1, 0.15) is 47.5 Å². The number of carboxylic acid groups (broad SMARTS) is 1. The van der Waals surface area contributed by atoms with E-state index in [1.54, 1.807) is 18.2 Å². The lowest BCUT2D eigenvalue weighted by Gasteiger charge is -2.30. The van der Waals surface area contributed by atoms with E-state index >= 15 is 0 Å². The maximum atomic E-state index is 13.0. The van der Waals surface area contributed by atoms with Crippen LogP contribution in [0.15, 0.2) is 24.3 Å². The van der Waals surface area contributed by atoms with Crippen LogP contribution in [0.3, 0.4) is 0 Å². The molecule has 0 radical (unpaired) electrons. The Balaban J connectivity index is 2.25. The van der Waals surface area contributed by atoms with Crippen molar-refractivity contribution in [2.24, 2.45) is 5.92 Å². The second kappa shape index (κ2) is 5.30. The van der Waals surface area contributed by atoms with Gasteiger partial charge in [0.25, 0.3) is 0 Å². The predicted molar refractivity (Wildman–Crippen MR) is 64.1 cm³/mol. The molecule has 0 saturated heterocycles. The number of alkyl halides is 1. The molecule has 1 aromatic rings. The lowest BCUT2D eigenvalue weighted by atomic mass is 9.76. The maximum Gasteiger partial charge on any atom is 0.335 e. The van der Waals surface area contributed by atoms with Crippen molar-refractivity contribution in [3.8, 4) is 0 Å². The fraction of sp³-hybridized carbons (Fsp3) is 0.500. The van der Waals surface area contributed by atoms with Crippen molar-refractivity contribution in [3.63, 3.8) is 0 Å². The van der Waals surface area contributed by atoms with Crippen LogP contribution in [0.5, 0.6) is 0 Å². The predicted octanol–water partition coefficient (Wildman–Crippen LogP) is 3.63. The van der Waals surface area contributed by atoms with E-state index in [4.69, 9.17) is 5.11 Å². The zero-order chi connectivity index (χ0) is 12.3. The minimum Gasteiger partial charge on any atom is -0.478 e. The molecule has 2 atom stereocenters. The molecule has 0 spiro atoms. The molecule has 0 amide bonds. The van der Waals surface area contributed by atoms with Crippen LogP contribution in [-0.2, 0) is 0 Å². The highest BCUT2D eigenvalue weighted by Gasteiger charge is 2.26. The van der Waals surface area contributed by atoms with Gasteiger partial charge in [-0.15, -0.1) is 0 Å². The van der Waals surface area contributed by atoms with Crippen LogP contribution < -0.4 is 0 Å². The summed E-state index contributed by atoms with van der Waals surface area (Å²) in [6.07, 6.45) is 4.08. The van der Waals surface area contributed by atoms with Gasteiger partial charge in [-0.3, -0.25) is 4.39 Å². The SMILES string of the molecule is O=C(O)c1cccc(C2CCCCC2CF)c1. The van der Waals surface area contributed by atoms with Crippen molar-refractivity contribution in [2.75, 3.05) is 6.67 Å². The van der Waals surface area contributed by atoms with Crippen molar-refractivity contribution in [3.05, 3.63) is 35.4 Å². The van der Waals surface area contributed by atoms with Gasteiger partial charge in [0, 0.05) is 0 Å². The Bertz CT molecular complexity index is 403. The molecule has 2 rings (SSSR count). The van der Waals surface area contributed by atoms with E-state index in [9.17, 15) is 9.18 Å². The van der Waals surface area contributed by atoms with Gasteiger partial charge in [0.05, 0.1) is 12.2 Å². The second-order valence-electron chi connectivity index (χ2n) is 4.74. The lowest BCUT2D eigenvalue weighted by molar-refractivity contribution is 0.0696. The Hall–Kier alpha value is -1.38. The zero-order valence-corrected chi connectivity index (χ0v) is 9.73. The van der Waals surface area contributed by atoms with E-state index in [0.717, 1.165) is 31.2 Å². The Labute approximate surface area is 100 Å². The molecule has 0 aliphatic heterocycles. The van der Waals surface area contributed by atoms with Crippen LogP contribution in [-0.4, -0.2) is 17.8 Å². The Morgan fingerprint density at radius 2 is 2.12 bits per heavy atom. The minimum atomic E-state index is -0.917. The molecule has 17 heavy (non-hydrogen) atoms. The third-order valence-electron chi connectivity index (χ3n) is 3.67. The first-order valence-corrected chi connectivity index (χ1v) is 6.11. The number of carbonyl (C=O) groups is 1. The average Bonchev–Trinajstić information content (AvgIpc) is 2.39. The molecule has 1 fully saturated rings. The third-order valence-corrected chi connectivity index (χ3v) is 3.67. The summed E-state index contributed by atoms with van der Waals surface area (Å²) in [4.78, 5) is 10.9. The molecule has 2 unspecified atom stereocenters. The highest BCUT2D eigenvalue weighted by atomic mass is 19.1. The standard InChI is InChI=1S/C14H17FO2/c15-9-12-4-1-2-7-13(12)10-5-3-6-11(8-10)14(16)17/h3,5-6,8,12-13H,1-2,4,7,9H2,(H,16,17). The Morgan fingerprint density at radius 1 is 1.35 bits per heavy atom. The van der Waals surface area contributed by atoms with Crippen LogP contribution in [0.25, 0.3) is 0 Å². The largest absolute Gasteiger partial charge is 0.478 e. The number of halogens is 1. The fourth-order valence-electron chi connectivity index (χ4n) is 2.73. The molecular weight excluding hydrogens is 219 g/mol. The number of hydrogen-bond acceptors (Lipinski definition) is 1. The summed E-state index contributed by atoms with van der Waals surface area (Å²) in [6, 6.07) is 6.95. The zero-order valence-electron chi connectivity index (χ0n) is 9.73. The van der Waals surface area contributed by atoms with Crippen molar-refractivity contribution in [1.82, 2.24) is 0 Å². The molecule has 92 valence electrons. The van der Waals surface area contributed by atoms with Crippen LogP contribution in [0.4, 0.5) is 4.39 Å². The first-order chi connectivity index (χ1) is 8.22. The molecule has 1 aromatic carbocycles. The summed E-state index contributed by atoms with van der Waals surface area (Å²) in [5.41, 5.74) is 1.28. The van der Waals surface area contributed by atoms with Gasteiger partial charge in [-0.1, -0.05) is 25.0 Å². The molecule has 1 aliphatic carbocycles. The first-order valence-electron chi connectivity index (χ1n) is 6.11. The van der Waals surface area contributed by atoms with E-state index in [2.05, 4.69) is 0 Å². The summed E-state index contributed by atoms with van der Waals surface area (Å²) >= 11 is 0. The normalized spacial score (nSPS) is 24.5. The van der Waals surface area contributed by atoms with Gasteiger partial charge in [-0.25, -0.2) is 4.79 Å². The topological polar surface area (TPSA) is 37.3 Å². The van der Waals surface area contributed by atoms with E-state index in [0.29, 0.717) is 5.56 Å². The summed E-state index contributed by atoms with van der Waals surface area (Å²) < 4.78 is 13.0. The summed E-state index contributed by atoms with van der Waals surface area (Å²) in [7, 11) is 0. The van der Waals surface area contributed by atoms with Gasteiger partial charge >= 0.3 is 5.97 Å². The molecule has 1 N–H and O–H groups in total. The summed E-state index contributed by atoms with van der Waals surface area (Å²) in [6.45, 7) is -0.304.